The van der Waals surface area contributed by atoms with E-state index in [0.717, 1.165) is 6.42 Å². The van der Waals surface area contributed by atoms with E-state index in [9.17, 15) is 27.2 Å². The number of halogens is 4. The van der Waals surface area contributed by atoms with Gasteiger partial charge in [0.1, 0.15) is 6.04 Å². The van der Waals surface area contributed by atoms with Gasteiger partial charge < -0.3 is 10.0 Å². The minimum Gasteiger partial charge on any atom is -0.480 e. The van der Waals surface area contributed by atoms with Gasteiger partial charge in [-0.2, -0.15) is 8.78 Å². The first-order chi connectivity index (χ1) is 9.26. The maximum atomic E-state index is 13.3. The van der Waals surface area contributed by atoms with Crippen molar-refractivity contribution in [3.05, 3.63) is 0 Å². The summed E-state index contributed by atoms with van der Waals surface area (Å²) < 4.78 is 51.2. The maximum absolute atomic E-state index is 13.3. The van der Waals surface area contributed by atoms with Gasteiger partial charge in [-0.1, -0.05) is 12.8 Å². The Hall–Kier alpha value is -1.34. The van der Waals surface area contributed by atoms with Crippen LogP contribution in [0.15, 0.2) is 0 Å². The zero-order valence-electron chi connectivity index (χ0n) is 10.6. The predicted octanol–water partition coefficient (Wildman–Crippen LogP) is 2.13. The number of carbonyl (C=O) groups is 2. The highest BCUT2D eigenvalue weighted by atomic mass is 19.3. The van der Waals surface area contributed by atoms with Crippen LogP contribution >= 0.6 is 0 Å². The number of carboxylic acids is 1. The molecule has 4 nitrogen and oxygen atoms in total. The number of amides is 1. The summed E-state index contributed by atoms with van der Waals surface area (Å²) in [5, 5.41) is 9.06. The predicted molar refractivity (Wildman–Crippen MR) is 59.6 cm³/mol. The lowest BCUT2D eigenvalue weighted by atomic mass is 9.84. The van der Waals surface area contributed by atoms with Crippen LogP contribution in [-0.2, 0) is 9.59 Å². The third-order valence-corrected chi connectivity index (χ3v) is 4.17. The molecule has 0 radical (unpaired) electrons. The lowest BCUT2D eigenvalue weighted by molar-refractivity contribution is -0.186. The molecule has 0 aromatic rings. The summed E-state index contributed by atoms with van der Waals surface area (Å²) in [7, 11) is 0. The van der Waals surface area contributed by atoms with Crippen LogP contribution in [0.1, 0.15) is 32.1 Å². The molecular weight excluding hydrogens is 282 g/mol. The number of nitrogens with zero attached hydrogens (tertiary/aromatic N) is 1. The van der Waals surface area contributed by atoms with Crippen LogP contribution in [0, 0.1) is 5.92 Å². The second kappa shape index (κ2) is 5.21. The Morgan fingerprint density at radius 3 is 2.35 bits per heavy atom. The Morgan fingerprint density at radius 1 is 1.20 bits per heavy atom. The van der Waals surface area contributed by atoms with Gasteiger partial charge in [0.05, 0.1) is 0 Å². The molecule has 1 aliphatic heterocycles. The number of alkyl halides is 4. The smallest absolute Gasteiger partial charge is 0.383 e. The summed E-state index contributed by atoms with van der Waals surface area (Å²) in [6.07, 6.45) is -1.53. The topological polar surface area (TPSA) is 57.6 Å². The van der Waals surface area contributed by atoms with Crippen molar-refractivity contribution in [2.45, 2.75) is 56.5 Å². The molecule has 2 aliphatic rings. The van der Waals surface area contributed by atoms with Gasteiger partial charge in [-0.3, -0.25) is 4.79 Å². The molecule has 1 aliphatic carbocycles. The van der Waals surface area contributed by atoms with Crippen molar-refractivity contribution >= 4 is 11.9 Å². The van der Waals surface area contributed by atoms with E-state index >= 15 is 0 Å². The molecule has 0 aromatic heterocycles. The normalized spacial score (nSPS) is 30.4. The van der Waals surface area contributed by atoms with E-state index in [2.05, 4.69) is 0 Å². The van der Waals surface area contributed by atoms with Gasteiger partial charge in [-0.05, 0) is 25.2 Å². The summed E-state index contributed by atoms with van der Waals surface area (Å²) >= 11 is 0. The van der Waals surface area contributed by atoms with Crippen molar-refractivity contribution in [3.63, 3.8) is 0 Å². The number of hydrogen-bond donors (Lipinski definition) is 1. The number of likely N-dealkylation sites (tertiary alicyclic amines) is 1. The molecular formula is C12H15F4NO3. The average Bonchev–Trinajstić information content (AvgIpc) is 2.76. The lowest BCUT2D eigenvalue weighted by Gasteiger charge is -2.34. The molecule has 8 heteroatoms. The standard InChI is InChI=1S/C12H15F4NO3/c13-10(14)12(15,16)11(20)17-7-4-2-1-3-6(7)5-8(17)9(18)19/h6-8,10H,1-5H2,(H,18,19). The molecule has 0 bridgehead atoms. The van der Waals surface area contributed by atoms with Crippen molar-refractivity contribution in [3.8, 4) is 0 Å². The minimum atomic E-state index is -4.83. The summed E-state index contributed by atoms with van der Waals surface area (Å²) in [4.78, 5) is 23.3. The van der Waals surface area contributed by atoms with Crippen LogP contribution in [0.25, 0.3) is 0 Å². The summed E-state index contributed by atoms with van der Waals surface area (Å²) in [6, 6.07) is -2.10. The summed E-state index contributed by atoms with van der Waals surface area (Å²) in [6.45, 7) is 0. The van der Waals surface area contributed by atoms with Gasteiger partial charge in [0.15, 0.2) is 0 Å². The number of hydrogen-bond acceptors (Lipinski definition) is 2. The highest BCUT2D eigenvalue weighted by molar-refractivity contribution is 5.89. The average molecular weight is 297 g/mol. The van der Waals surface area contributed by atoms with Crippen molar-refractivity contribution < 1.29 is 32.3 Å². The molecule has 114 valence electrons. The summed E-state index contributed by atoms with van der Waals surface area (Å²) in [5.74, 6) is -8.51. The Balaban J connectivity index is 2.30. The van der Waals surface area contributed by atoms with Crippen molar-refractivity contribution in [2.75, 3.05) is 0 Å². The largest absolute Gasteiger partial charge is 0.480 e. The van der Waals surface area contributed by atoms with E-state index in [4.69, 9.17) is 5.11 Å². The fraction of sp³-hybridized carbons (Fsp3) is 0.833. The van der Waals surface area contributed by atoms with Gasteiger partial charge in [0.25, 0.3) is 5.91 Å². The minimum absolute atomic E-state index is 0.0606. The van der Waals surface area contributed by atoms with Crippen molar-refractivity contribution in [2.24, 2.45) is 5.92 Å². The van der Waals surface area contributed by atoms with Crippen molar-refractivity contribution in [1.29, 1.82) is 0 Å². The maximum Gasteiger partial charge on any atom is 0.383 e. The van der Waals surface area contributed by atoms with Crippen LogP contribution < -0.4 is 0 Å². The lowest BCUT2D eigenvalue weighted by Crippen LogP contribution is -2.54. The monoisotopic (exact) mass is 297 g/mol. The number of aliphatic carboxylic acids is 1. The fourth-order valence-electron chi connectivity index (χ4n) is 3.24. The van der Waals surface area contributed by atoms with Crippen molar-refractivity contribution in [1.82, 2.24) is 4.90 Å². The highest BCUT2D eigenvalue weighted by Gasteiger charge is 2.58. The first-order valence-corrected chi connectivity index (χ1v) is 6.48. The van der Waals surface area contributed by atoms with Gasteiger partial charge in [-0.25, -0.2) is 13.6 Å². The van der Waals surface area contributed by atoms with Crippen LogP contribution in [0.5, 0.6) is 0 Å². The molecule has 1 N–H and O–H groups in total. The molecule has 1 saturated heterocycles. The molecule has 3 unspecified atom stereocenters. The fourth-order valence-corrected chi connectivity index (χ4v) is 3.24. The zero-order chi connectivity index (χ0) is 15.1. The van der Waals surface area contributed by atoms with Gasteiger partial charge in [0.2, 0.25) is 0 Å². The molecule has 0 spiro atoms. The Morgan fingerprint density at radius 2 is 1.80 bits per heavy atom. The molecule has 1 amide bonds. The first-order valence-electron chi connectivity index (χ1n) is 6.48. The Bertz CT molecular complexity index is 416. The van der Waals surface area contributed by atoms with Gasteiger partial charge >= 0.3 is 18.3 Å². The van der Waals surface area contributed by atoms with Crippen LogP contribution in [0.3, 0.4) is 0 Å². The second-order valence-corrected chi connectivity index (χ2v) is 5.34. The van der Waals surface area contributed by atoms with Crippen LogP contribution in [-0.4, -0.2) is 46.3 Å². The van der Waals surface area contributed by atoms with E-state index < -0.39 is 36.3 Å². The van der Waals surface area contributed by atoms with E-state index in [0.29, 0.717) is 24.2 Å². The Kier molecular flexibility index (Phi) is 3.93. The van der Waals surface area contributed by atoms with Crippen LogP contribution in [0.4, 0.5) is 17.6 Å². The molecule has 1 heterocycles. The zero-order valence-corrected chi connectivity index (χ0v) is 10.6. The van der Waals surface area contributed by atoms with Gasteiger partial charge in [0, 0.05) is 6.04 Å². The summed E-state index contributed by atoms with van der Waals surface area (Å²) in [5.41, 5.74) is 0. The SMILES string of the molecule is O=C(O)C1CC2CCCCC2N1C(=O)C(F)(F)C(F)F. The van der Waals surface area contributed by atoms with E-state index in [1.54, 1.807) is 0 Å². The number of rotatable bonds is 3. The number of carboxylic acid groups (broad SMARTS) is 1. The first kappa shape index (κ1) is 15.1. The highest BCUT2D eigenvalue weighted by Crippen LogP contribution is 2.42. The molecule has 2 fully saturated rings. The molecule has 20 heavy (non-hydrogen) atoms. The molecule has 3 atom stereocenters. The van der Waals surface area contributed by atoms with E-state index in [-0.39, 0.29) is 12.3 Å². The third kappa shape index (κ3) is 2.35. The van der Waals surface area contributed by atoms with Crippen LogP contribution in [0.2, 0.25) is 0 Å². The van der Waals surface area contributed by atoms with E-state index in [1.165, 1.54) is 0 Å². The second-order valence-electron chi connectivity index (χ2n) is 5.34. The molecule has 0 aromatic carbocycles. The number of carbonyl (C=O) groups excluding carboxylic acids is 1. The van der Waals surface area contributed by atoms with E-state index in [1.807, 2.05) is 0 Å². The number of fused-ring (bicyclic) bond motifs is 1. The quantitative estimate of drug-likeness (QED) is 0.812. The molecule has 2 rings (SSSR count). The third-order valence-electron chi connectivity index (χ3n) is 4.17. The van der Waals surface area contributed by atoms with Gasteiger partial charge in [-0.15, -0.1) is 0 Å². The Labute approximate surface area is 112 Å². The molecule has 1 saturated carbocycles.